The number of allylic oxidation sites excluding steroid dienone is 2. The van der Waals surface area contributed by atoms with Crippen LogP contribution in [0.25, 0.3) is 10.8 Å². The molecule has 1 saturated heterocycles. The van der Waals surface area contributed by atoms with Gasteiger partial charge >= 0.3 is 11.8 Å². The molecule has 5 N–H and O–H groups in total. The van der Waals surface area contributed by atoms with E-state index in [9.17, 15) is 34.8 Å². The van der Waals surface area contributed by atoms with Crippen LogP contribution in [0.15, 0.2) is 46.1 Å². The number of benzene rings is 2. The Bertz CT molecular complexity index is 2300. The Morgan fingerprint density at radius 3 is 2.27 bits per heavy atom. The van der Waals surface area contributed by atoms with Crippen LogP contribution in [-0.4, -0.2) is 106 Å². The molecular weight excluding hydrogens is 797 g/mol. The maximum absolute atomic E-state index is 14.7. The highest BCUT2D eigenvalue weighted by Gasteiger charge is 2.50. The summed E-state index contributed by atoms with van der Waals surface area (Å²) in [4.78, 5) is 53.8. The molecule has 338 valence electrons. The summed E-state index contributed by atoms with van der Waals surface area (Å²) in [6.07, 6.45) is 8.41. The standard InChI is InChI=1S/C47H64N4O11/c1-11-12-13-20-51-21-18-47(19-22-51)49-35-32-33-40(55)29(7)43-34(32)44(57)46(9,62-43)60-23-17-31(59-10)26(4)42(61-30(8)52)28(6)39(54)27(5)38(53)24(2)15-14-16-25(3)45(58)48-37(41(33)56)36(35)50-47/h14-17,23-24,26-28,31,38-39,42,53-56H,11-13,18-22H2,1-10H3,(H,48,58)/b15-14+,23-17+,25-16-/t24-,26+,27+,28+,31-,38-,39+,42+,46-/m0/s1. The summed E-state index contributed by atoms with van der Waals surface area (Å²) in [5.74, 6) is -6.88. The Balaban J connectivity index is 1.52. The van der Waals surface area contributed by atoms with E-state index in [2.05, 4.69) is 17.1 Å². The predicted octanol–water partition coefficient (Wildman–Crippen LogP) is 5.28. The van der Waals surface area contributed by atoms with Crippen molar-refractivity contribution in [3.63, 3.8) is 0 Å². The first kappa shape index (κ1) is 46.7. The second kappa shape index (κ2) is 18.5. The molecular formula is C47H64N4O11. The Morgan fingerprint density at radius 2 is 1.63 bits per heavy atom. The lowest BCUT2D eigenvalue weighted by Crippen LogP contribution is -2.46. The number of fused-ring (bicyclic) bond motifs is 1. The first-order valence-corrected chi connectivity index (χ1v) is 21.9. The van der Waals surface area contributed by atoms with Crippen LogP contribution >= 0.6 is 0 Å². The molecule has 1 amide bonds. The number of esters is 1. The topological polar surface area (TPSA) is 209 Å². The number of aromatic hydroxyl groups is 2. The number of likely N-dealkylation sites (tertiary alicyclic amines) is 1. The van der Waals surface area contributed by atoms with Gasteiger partial charge in [-0.05, 0) is 32.9 Å². The number of unbranched alkanes of at least 4 members (excludes halogenated alkanes) is 2. The molecule has 0 saturated carbocycles. The van der Waals surface area contributed by atoms with Crippen molar-refractivity contribution in [2.75, 3.05) is 32.1 Å². The Kier molecular flexibility index (Phi) is 13.9. The minimum Gasteiger partial charge on any atom is -0.507 e. The quantitative estimate of drug-likeness (QED) is 0.143. The van der Waals surface area contributed by atoms with Gasteiger partial charge in [-0.15, -0.1) is 0 Å². The molecule has 0 aliphatic carbocycles. The van der Waals surface area contributed by atoms with Gasteiger partial charge in [0.1, 0.15) is 28.6 Å². The number of piperidine rings is 1. The van der Waals surface area contributed by atoms with Gasteiger partial charge in [0.05, 0.1) is 40.9 Å². The highest BCUT2D eigenvalue weighted by atomic mass is 16.7. The van der Waals surface area contributed by atoms with E-state index in [1.54, 1.807) is 65.8 Å². The number of carbonyl (C=O) groups excluding carboxylic acids is 3. The van der Waals surface area contributed by atoms with E-state index in [0.717, 1.165) is 38.9 Å². The lowest BCUT2D eigenvalue weighted by Gasteiger charge is -2.38. The van der Waals surface area contributed by atoms with Crippen LogP contribution < -0.4 is 20.8 Å². The molecule has 62 heavy (non-hydrogen) atoms. The van der Waals surface area contributed by atoms with Crippen molar-refractivity contribution in [1.82, 2.24) is 4.90 Å². The van der Waals surface area contributed by atoms with Crippen molar-refractivity contribution < 1.29 is 53.8 Å². The minimum absolute atomic E-state index is 0.0409. The Labute approximate surface area is 363 Å². The molecule has 2 aromatic rings. The maximum atomic E-state index is 14.7. The summed E-state index contributed by atoms with van der Waals surface area (Å²) in [6, 6.07) is 0. The summed E-state index contributed by atoms with van der Waals surface area (Å²) < 4.78 is 24.0. The number of rotatable bonds is 6. The van der Waals surface area contributed by atoms with Gasteiger partial charge in [-0.1, -0.05) is 65.7 Å². The maximum Gasteiger partial charge on any atom is 0.312 e. The van der Waals surface area contributed by atoms with Crippen LogP contribution in [-0.2, 0) is 23.8 Å². The number of aliphatic hydroxyl groups excluding tert-OH is 2. The first-order chi connectivity index (χ1) is 29.3. The zero-order valence-corrected chi connectivity index (χ0v) is 37.7. The second-order valence-corrected chi connectivity index (χ2v) is 17.8. The molecule has 6 rings (SSSR count). The number of anilines is 1. The molecule has 1 spiro atoms. The fourth-order valence-electron chi connectivity index (χ4n) is 9.31. The number of ether oxygens (including phenoxy) is 4. The SMILES string of the molecule is CCCCCN1CCC2(CC1)N=c1c3c(O)c4c(O)c(C)c5c(c4c1=N2)C(=O)[C@@](C)(O/C=C/[C@H](OC)[C@@H](C)[C@@H](OC(C)=O)[C@H](C)[C@H](O)[C@H](C)[C@@H](O)[C@@H](C)/C=C/C=C(/C)C(=O)N3)O5. The van der Waals surface area contributed by atoms with E-state index in [4.69, 9.17) is 28.9 Å². The van der Waals surface area contributed by atoms with Crippen molar-refractivity contribution in [2.45, 2.75) is 130 Å². The number of nitrogens with one attached hydrogen (secondary N) is 1. The number of methoxy groups -OCH3 is 1. The molecule has 4 bridgehead atoms. The largest absolute Gasteiger partial charge is 0.507 e. The summed E-state index contributed by atoms with van der Waals surface area (Å²) in [5, 5.41) is 50.3. The number of carbonyl (C=O) groups is 3. The van der Waals surface area contributed by atoms with Gasteiger partial charge in [-0.25, -0.2) is 0 Å². The van der Waals surface area contributed by atoms with Crippen molar-refractivity contribution in [1.29, 1.82) is 0 Å². The number of nitrogens with zero attached hydrogens (tertiary/aromatic N) is 3. The van der Waals surface area contributed by atoms with Crippen LogP contribution in [0.1, 0.15) is 103 Å². The highest BCUT2D eigenvalue weighted by Crippen LogP contribution is 2.50. The number of phenolic OH excluding ortho intramolecular Hbond substituents is 2. The predicted molar refractivity (Wildman–Crippen MR) is 232 cm³/mol. The zero-order valence-electron chi connectivity index (χ0n) is 37.7. The van der Waals surface area contributed by atoms with Gasteiger partial charge in [-0.2, -0.15) is 0 Å². The van der Waals surface area contributed by atoms with Gasteiger partial charge in [0.25, 0.3) is 11.7 Å². The second-order valence-electron chi connectivity index (χ2n) is 17.8. The van der Waals surface area contributed by atoms with Crippen molar-refractivity contribution in [2.24, 2.45) is 33.7 Å². The number of phenols is 2. The smallest absolute Gasteiger partial charge is 0.312 e. The Hall–Kier alpha value is -4.83. The average molecular weight is 861 g/mol. The minimum atomic E-state index is -1.96. The van der Waals surface area contributed by atoms with Crippen LogP contribution in [0.2, 0.25) is 0 Å². The van der Waals surface area contributed by atoms with E-state index in [1.807, 2.05) is 0 Å². The van der Waals surface area contributed by atoms with Crippen molar-refractivity contribution in [3.05, 3.63) is 58.0 Å². The average Bonchev–Trinajstić information content (AvgIpc) is 3.74. The molecule has 1 fully saturated rings. The van der Waals surface area contributed by atoms with Crippen molar-refractivity contribution >= 4 is 34.1 Å². The zero-order chi connectivity index (χ0) is 45.4. The molecule has 15 nitrogen and oxygen atoms in total. The fourth-order valence-corrected chi connectivity index (χ4v) is 9.31. The molecule has 9 atom stereocenters. The van der Waals surface area contributed by atoms with Gasteiger partial charge in [-0.3, -0.25) is 24.4 Å². The molecule has 4 heterocycles. The van der Waals surface area contributed by atoms with Crippen LogP contribution in [0.5, 0.6) is 17.2 Å². The van der Waals surface area contributed by atoms with Gasteiger partial charge in [0.15, 0.2) is 11.4 Å². The summed E-state index contributed by atoms with van der Waals surface area (Å²) >= 11 is 0. The normalized spacial score (nSPS) is 32.2. The molecule has 0 radical (unpaired) electrons. The van der Waals surface area contributed by atoms with Gasteiger partial charge in [0.2, 0.25) is 0 Å². The fraction of sp³-hybridized carbons (Fsp3) is 0.596. The molecule has 4 aliphatic heterocycles. The van der Waals surface area contributed by atoms with E-state index >= 15 is 0 Å². The number of hydrogen-bond acceptors (Lipinski definition) is 14. The monoisotopic (exact) mass is 860 g/mol. The summed E-state index contributed by atoms with van der Waals surface area (Å²) in [5.41, 5.74) is -0.548. The number of aliphatic hydroxyl groups is 2. The van der Waals surface area contributed by atoms with Crippen molar-refractivity contribution in [3.8, 4) is 17.2 Å². The van der Waals surface area contributed by atoms with E-state index in [0.29, 0.717) is 12.8 Å². The molecule has 2 aromatic carbocycles. The van der Waals surface area contributed by atoms with E-state index in [-0.39, 0.29) is 55.4 Å². The highest BCUT2D eigenvalue weighted by molar-refractivity contribution is 6.19. The Morgan fingerprint density at radius 1 is 0.952 bits per heavy atom. The summed E-state index contributed by atoms with van der Waals surface area (Å²) in [6.45, 7) is 17.5. The third kappa shape index (κ3) is 8.73. The number of ketones is 1. The summed E-state index contributed by atoms with van der Waals surface area (Å²) in [7, 11) is 1.47. The van der Waals surface area contributed by atoms with Crippen LogP contribution in [0, 0.1) is 30.6 Å². The lowest BCUT2D eigenvalue weighted by molar-refractivity contribution is -0.160. The molecule has 0 unspecified atom stereocenters. The van der Waals surface area contributed by atoms with Gasteiger partial charge in [0, 0.05) is 87.1 Å². The first-order valence-electron chi connectivity index (χ1n) is 21.9. The van der Waals surface area contributed by atoms with Crippen LogP contribution in [0.3, 0.4) is 0 Å². The third-order valence-corrected chi connectivity index (χ3v) is 13.3. The number of hydrogen-bond donors (Lipinski definition) is 5. The van der Waals surface area contributed by atoms with Crippen LogP contribution in [0.4, 0.5) is 5.69 Å². The lowest BCUT2D eigenvalue weighted by atomic mass is 9.78. The van der Waals surface area contributed by atoms with E-state index < -0.39 is 82.9 Å². The third-order valence-electron chi connectivity index (χ3n) is 13.3. The molecule has 15 heteroatoms. The van der Waals surface area contributed by atoms with E-state index in [1.165, 1.54) is 27.2 Å². The van der Waals surface area contributed by atoms with Gasteiger partial charge < -0.3 is 49.6 Å². The number of Topliss-reactive ketones (excluding diaryl/α,β-unsaturated/α-hetero) is 1. The number of amides is 1. The molecule has 4 aliphatic rings. The molecule has 0 aromatic heterocycles.